The van der Waals surface area contributed by atoms with Crippen molar-refractivity contribution in [3.05, 3.63) is 0 Å². The van der Waals surface area contributed by atoms with Crippen LogP contribution < -0.4 is 0 Å². The van der Waals surface area contributed by atoms with Crippen LogP contribution in [0.25, 0.3) is 0 Å². The minimum atomic E-state index is -3.98. The van der Waals surface area contributed by atoms with Crippen LogP contribution in [0, 0.1) is 0 Å². The topological polar surface area (TPSA) is 171 Å². The van der Waals surface area contributed by atoms with Crippen LogP contribution in [0.4, 0.5) is 0 Å². The zero-order chi connectivity index (χ0) is 23.5. The molecule has 1 heterocycles. The molecule has 0 amide bonds. The number of aliphatic hydroxyl groups excluding tert-OH is 1. The monoisotopic (exact) mass is 393 g/mol. The molecule has 0 bridgehead atoms. The van der Waals surface area contributed by atoms with Crippen LogP contribution in [0.1, 0.15) is 33.1 Å². The van der Waals surface area contributed by atoms with Crippen molar-refractivity contribution in [1.29, 1.82) is 0 Å². The molecule has 0 aliphatic carbocycles. The van der Waals surface area contributed by atoms with Gasteiger partial charge in [0, 0.05) is 5.48 Å². The van der Waals surface area contributed by atoms with Gasteiger partial charge in [-0.05, 0) is 39.8 Å². The number of aliphatic hydroxyl groups is 4. The molecule has 26 heavy (non-hydrogen) atoms. The van der Waals surface area contributed by atoms with Gasteiger partial charge in [-0.3, -0.25) is 19.2 Å². The molecule has 1 saturated heterocycles. The Bertz CT molecular complexity index is 794. The van der Waals surface area contributed by atoms with Crippen molar-refractivity contribution >= 4 is 40.5 Å². The SMILES string of the molecule is [2H]CC(=O)C(O)[C@H]1OC(N=C=S)[C@@](O)(C(=O)C[2H])[C@](O)(C(=O)C[2H])[C@@]1(O)C(=O)C[2H]. The number of hydrogen-bond donors (Lipinski definition) is 4. The summed E-state index contributed by atoms with van der Waals surface area (Å²) in [5.41, 5.74) is -11.5. The third-order valence-corrected chi connectivity index (χ3v) is 4.29. The molecule has 144 valence electrons. The lowest BCUT2D eigenvalue weighted by Crippen LogP contribution is -2.86. The Hall–Kier alpha value is -1.72. The maximum Gasteiger partial charge on any atom is 0.209 e. The summed E-state index contributed by atoms with van der Waals surface area (Å²) < 4.78 is 33.8. The van der Waals surface area contributed by atoms with Gasteiger partial charge < -0.3 is 25.2 Å². The summed E-state index contributed by atoms with van der Waals surface area (Å²) in [5.74, 6) is -6.66. The first-order chi connectivity index (χ1) is 13.9. The fourth-order valence-corrected chi connectivity index (χ4v) is 2.88. The second-order valence-corrected chi connectivity index (χ2v) is 5.74. The number of carbonyl (C=O) groups is 4. The number of thiocarbonyl (C=S) groups is 1. The highest BCUT2D eigenvalue weighted by Crippen LogP contribution is 2.47. The van der Waals surface area contributed by atoms with Gasteiger partial charge in [0.1, 0.15) is 12.2 Å². The van der Waals surface area contributed by atoms with E-state index < -0.39 is 86.0 Å². The van der Waals surface area contributed by atoms with Crippen LogP contribution in [0.3, 0.4) is 0 Å². The Kier molecular flexibility index (Phi) is 4.51. The number of carbonyl (C=O) groups excluding carboxylic acids is 4. The molecule has 0 aromatic heterocycles. The Morgan fingerprint density at radius 1 is 1.08 bits per heavy atom. The minimum Gasteiger partial charge on any atom is -0.382 e. The summed E-state index contributed by atoms with van der Waals surface area (Å²) in [5, 5.41) is 45.2. The third-order valence-electron chi connectivity index (χ3n) is 4.19. The van der Waals surface area contributed by atoms with Crippen LogP contribution in [-0.4, -0.2) is 84.0 Å². The molecule has 1 aliphatic heterocycles. The number of aliphatic imine (C=N–C) groups is 1. The maximum absolute atomic E-state index is 12.6. The predicted octanol–water partition coefficient (Wildman–Crippen LogP) is -2.28. The van der Waals surface area contributed by atoms with Crippen LogP contribution in [0.5, 0.6) is 0 Å². The first-order valence-corrected chi connectivity index (χ1v) is 7.17. The number of hydrogen-bond acceptors (Lipinski definition) is 11. The zero-order valence-electron chi connectivity index (χ0n) is 17.2. The van der Waals surface area contributed by atoms with Crippen LogP contribution in [-0.2, 0) is 23.9 Å². The molecule has 0 aromatic carbocycles. The minimum absolute atomic E-state index is 1.10. The Morgan fingerprint density at radius 3 is 2.08 bits per heavy atom. The number of Topliss-reactive ketones (excluding diaryl/α,β-unsaturated/α-hetero) is 4. The molecule has 0 spiro atoms. The molecule has 4 N–H and O–H groups in total. The highest BCUT2D eigenvalue weighted by molar-refractivity contribution is 7.78. The van der Waals surface area contributed by atoms with Gasteiger partial charge in [-0.2, -0.15) is 4.99 Å². The van der Waals surface area contributed by atoms with Gasteiger partial charge in [-0.25, -0.2) is 0 Å². The number of isothiocyanates is 1. The Labute approximate surface area is 159 Å². The third kappa shape index (κ3) is 2.69. The molecule has 0 aromatic rings. The lowest BCUT2D eigenvalue weighted by molar-refractivity contribution is -0.325. The van der Waals surface area contributed by atoms with Crippen molar-refractivity contribution in [3.63, 3.8) is 0 Å². The van der Waals surface area contributed by atoms with Gasteiger partial charge >= 0.3 is 0 Å². The van der Waals surface area contributed by atoms with Crippen molar-refractivity contribution < 1.29 is 49.8 Å². The van der Waals surface area contributed by atoms with Gasteiger partial charge in [0.15, 0.2) is 35.0 Å². The fourth-order valence-electron chi connectivity index (χ4n) is 2.78. The fraction of sp³-hybridized carbons (Fsp3) is 0.667. The van der Waals surface area contributed by atoms with E-state index in [2.05, 4.69) is 17.2 Å². The Morgan fingerprint density at radius 2 is 1.62 bits per heavy atom. The molecular weight excluding hydrogens is 370 g/mol. The van der Waals surface area contributed by atoms with E-state index in [4.69, 9.17) is 10.2 Å². The smallest absolute Gasteiger partial charge is 0.209 e. The zero-order valence-corrected chi connectivity index (χ0v) is 14.1. The van der Waals surface area contributed by atoms with Crippen LogP contribution in [0.15, 0.2) is 4.99 Å². The quantitative estimate of drug-likeness (QED) is 0.285. The number of rotatable bonds is 6. The standard InChI is InChI=1S/C15H19NO9S/c1-6(17)10(21)11-13(22,7(2)18)15(24,9(4)20)14(23,8(3)19)12(25-11)16-5-26/h10-12,21-24H,1-4H3/t10?,11-,12?,13-,14+,15+/m1/s1/i1D,2D,3D,4D. The van der Waals surface area contributed by atoms with Gasteiger partial charge in [0.25, 0.3) is 0 Å². The molecule has 2 unspecified atom stereocenters. The molecule has 1 fully saturated rings. The van der Waals surface area contributed by atoms with Gasteiger partial charge in [-0.15, -0.1) is 0 Å². The van der Waals surface area contributed by atoms with Gasteiger partial charge in [0.2, 0.25) is 11.2 Å². The highest BCUT2D eigenvalue weighted by atomic mass is 32.1. The average molecular weight is 393 g/mol. The van der Waals surface area contributed by atoms with Crippen molar-refractivity contribution in [2.24, 2.45) is 4.99 Å². The summed E-state index contributed by atoms with van der Waals surface area (Å²) in [6, 6.07) is 0. The van der Waals surface area contributed by atoms with E-state index in [1.165, 1.54) is 0 Å². The lowest BCUT2D eigenvalue weighted by Gasteiger charge is -2.57. The van der Waals surface area contributed by atoms with Crippen molar-refractivity contribution in [2.75, 3.05) is 0 Å². The summed E-state index contributed by atoms with van der Waals surface area (Å²) in [7, 11) is 0. The molecule has 11 heteroatoms. The van der Waals surface area contributed by atoms with E-state index in [0.29, 0.717) is 0 Å². The Balaban J connectivity index is 4.10. The summed E-state index contributed by atoms with van der Waals surface area (Å²) in [6.07, 6.45) is -7.62. The molecule has 10 nitrogen and oxygen atoms in total. The summed E-state index contributed by atoms with van der Waals surface area (Å²) >= 11 is 4.35. The van der Waals surface area contributed by atoms with E-state index in [1.54, 1.807) is 5.16 Å². The normalized spacial score (nSPS) is 40.0. The molecule has 0 saturated carbocycles. The van der Waals surface area contributed by atoms with Crippen molar-refractivity contribution in [1.82, 2.24) is 0 Å². The van der Waals surface area contributed by atoms with E-state index in [-0.39, 0.29) is 0 Å². The van der Waals surface area contributed by atoms with Crippen LogP contribution >= 0.6 is 12.2 Å². The first-order valence-electron chi connectivity index (χ1n) is 9.59. The molecule has 0 radical (unpaired) electrons. The predicted molar refractivity (Wildman–Crippen MR) is 87.3 cm³/mol. The average Bonchev–Trinajstić information content (AvgIpc) is 2.76. The molecular formula is C15H19NO9S. The number of ketones is 4. The second-order valence-electron chi connectivity index (χ2n) is 5.55. The van der Waals surface area contributed by atoms with E-state index >= 15 is 0 Å². The number of nitrogens with zero attached hydrogens (tertiary/aromatic N) is 1. The number of ether oxygens (including phenoxy) is 1. The molecule has 1 aliphatic rings. The molecule has 1 rings (SSSR count). The van der Waals surface area contributed by atoms with E-state index in [9.17, 15) is 39.6 Å². The maximum atomic E-state index is 12.6. The van der Waals surface area contributed by atoms with Crippen molar-refractivity contribution in [3.8, 4) is 0 Å². The van der Waals surface area contributed by atoms with Crippen molar-refractivity contribution in [2.45, 2.75) is 62.8 Å². The highest BCUT2D eigenvalue weighted by Gasteiger charge is 2.79. The summed E-state index contributed by atoms with van der Waals surface area (Å²) in [6.45, 7) is -5.26. The van der Waals surface area contributed by atoms with Crippen LogP contribution in [0.2, 0.25) is 0 Å². The first kappa shape index (κ1) is 16.5. The second kappa shape index (κ2) is 7.12. The lowest BCUT2D eigenvalue weighted by atomic mass is 9.59. The summed E-state index contributed by atoms with van der Waals surface area (Å²) in [4.78, 5) is 52.7. The van der Waals surface area contributed by atoms with Gasteiger partial charge in [-0.1, -0.05) is 0 Å². The van der Waals surface area contributed by atoms with E-state index in [1.807, 2.05) is 0 Å². The molecule has 6 atom stereocenters. The largest absolute Gasteiger partial charge is 0.382 e. The van der Waals surface area contributed by atoms with E-state index in [0.717, 1.165) is 0 Å². The van der Waals surface area contributed by atoms with Gasteiger partial charge in [0.05, 0.1) is 5.16 Å².